The Morgan fingerprint density at radius 1 is 1.29 bits per heavy atom. The van der Waals surface area contributed by atoms with E-state index in [1.165, 1.54) is 12.8 Å². The number of hydrogen-bond acceptors (Lipinski definition) is 3. The predicted octanol–water partition coefficient (Wildman–Crippen LogP) is 3.34. The second-order valence-corrected chi connectivity index (χ2v) is 8.15. The van der Waals surface area contributed by atoms with Gasteiger partial charge in [0.1, 0.15) is 0 Å². The van der Waals surface area contributed by atoms with E-state index in [2.05, 4.69) is 22.2 Å². The first kappa shape index (κ1) is 14.7. The van der Waals surface area contributed by atoms with E-state index in [9.17, 15) is 8.42 Å². The number of allylic oxidation sites excluding steroid dienone is 2. The zero-order valence-electron chi connectivity index (χ0n) is 11.8. The Morgan fingerprint density at radius 3 is 2.71 bits per heavy atom. The van der Waals surface area contributed by atoms with Crippen molar-refractivity contribution in [2.75, 3.05) is 22.8 Å². The molecule has 0 spiro atoms. The standard InChI is InChI=1S/C15H19ClN2O2S/c1-21(19,20)18-13-4-5-14(16)15(8-13)17-9-12-7-10-2-3-11(12)6-10/h2-5,8,10-12,17-18H,6-7,9H2,1H3. The molecule has 0 aliphatic heterocycles. The number of benzene rings is 1. The molecular formula is C15H19ClN2O2S. The summed E-state index contributed by atoms with van der Waals surface area (Å²) in [5, 5.41) is 3.97. The van der Waals surface area contributed by atoms with Gasteiger partial charge in [0.05, 0.1) is 22.7 Å². The summed E-state index contributed by atoms with van der Waals surface area (Å²) in [6.07, 6.45) is 8.29. The van der Waals surface area contributed by atoms with Crippen molar-refractivity contribution in [2.45, 2.75) is 12.8 Å². The van der Waals surface area contributed by atoms with Gasteiger partial charge >= 0.3 is 0 Å². The van der Waals surface area contributed by atoms with E-state index in [4.69, 9.17) is 11.6 Å². The summed E-state index contributed by atoms with van der Waals surface area (Å²) >= 11 is 6.18. The number of hydrogen-bond donors (Lipinski definition) is 2. The topological polar surface area (TPSA) is 58.2 Å². The van der Waals surface area contributed by atoms with E-state index in [1.807, 2.05) is 0 Å². The number of halogens is 1. The van der Waals surface area contributed by atoms with Crippen LogP contribution in [0.25, 0.3) is 0 Å². The minimum absolute atomic E-state index is 0.525. The zero-order valence-corrected chi connectivity index (χ0v) is 13.4. The number of anilines is 2. The van der Waals surface area contributed by atoms with Crippen LogP contribution in [0.5, 0.6) is 0 Å². The van der Waals surface area contributed by atoms with Gasteiger partial charge in [-0.1, -0.05) is 23.8 Å². The largest absolute Gasteiger partial charge is 0.383 e. The first-order valence-electron chi connectivity index (χ1n) is 7.10. The summed E-state index contributed by atoms with van der Waals surface area (Å²) in [6.45, 7) is 0.869. The molecule has 2 aliphatic rings. The molecule has 2 bridgehead atoms. The van der Waals surface area contributed by atoms with Crippen LogP contribution in [0.3, 0.4) is 0 Å². The van der Waals surface area contributed by atoms with Crippen LogP contribution in [0, 0.1) is 17.8 Å². The average Bonchev–Trinajstić information content (AvgIpc) is 3.00. The van der Waals surface area contributed by atoms with E-state index >= 15 is 0 Å². The third-order valence-electron chi connectivity index (χ3n) is 4.24. The van der Waals surface area contributed by atoms with Crippen LogP contribution >= 0.6 is 11.6 Å². The van der Waals surface area contributed by atoms with Crippen molar-refractivity contribution >= 4 is 33.0 Å². The molecule has 4 nitrogen and oxygen atoms in total. The Labute approximate surface area is 130 Å². The van der Waals surface area contributed by atoms with E-state index < -0.39 is 10.0 Å². The van der Waals surface area contributed by atoms with Gasteiger partial charge in [0.15, 0.2) is 0 Å². The molecule has 0 amide bonds. The Morgan fingerprint density at radius 2 is 2.10 bits per heavy atom. The molecule has 21 heavy (non-hydrogen) atoms. The molecular weight excluding hydrogens is 308 g/mol. The molecule has 3 rings (SSSR count). The maximum Gasteiger partial charge on any atom is 0.229 e. The highest BCUT2D eigenvalue weighted by molar-refractivity contribution is 7.92. The molecule has 6 heteroatoms. The van der Waals surface area contributed by atoms with E-state index in [1.54, 1.807) is 18.2 Å². The lowest BCUT2D eigenvalue weighted by atomic mass is 9.93. The van der Waals surface area contributed by atoms with Crippen molar-refractivity contribution in [3.63, 3.8) is 0 Å². The van der Waals surface area contributed by atoms with Crippen molar-refractivity contribution < 1.29 is 8.42 Å². The number of sulfonamides is 1. The minimum atomic E-state index is -3.27. The Kier molecular flexibility index (Phi) is 3.88. The lowest BCUT2D eigenvalue weighted by Crippen LogP contribution is -2.18. The van der Waals surface area contributed by atoms with Crippen LogP contribution in [0.4, 0.5) is 11.4 Å². The average molecular weight is 327 g/mol. The van der Waals surface area contributed by atoms with E-state index in [-0.39, 0.29) is 0 Å². The van der Waals surface area contributed by atoms with Gasteiger partial charge in [-0.05, 0) is 48.8 Å². The molecule has 2 aliphatic carbocycles. The second kappa shape index (κ2) is 5.54. The molecule has 3 atom stereocenters. The fourth-order valence-electron chi connectivity index (χ4n) is 3.31. The number of nitrogens with one attached hydrogen (secondary N) is 2. The van der Waals surface area contributed by atoms with Gasteiger partial charge in [-0.2, -0.15) is 0 Å². The Balaban J connectivity index is 1.67. The van der Waals surface area contributed by atoms with Crippen LogP contribution in [-0.4, -0.2) is 21.2 Å². The lowest BCUT2D eigenvalue weighted by Gasteiger charge is -2.20. The minimum Gasteiger partial charge on any atom is -0.383 e. The summed E-state index contributed by atoms with van der Waals surface area (Å²) in [4.78, 5) is 0. The van der Waals surface area contributed by atoms with Gasteiger partial charge in [0.2, 0.25) is 10.0 Å². The molecule has 2 N–H and O–H groups in total. The van der Waals surface area contributed by atoms with Crippen LogP contribution in [0.2, 0.25) is 5.02 Å². The van der Waals surface area contributed by atoms with E-state index in [0.29, 0.717) is 22.5 Å². The summed E-state index contributed by atoms with van der Waals surface area (Å²) < 4.78 is 25.0. The van der Waals surface area contributed by atoms with Crippen LogP contribution in [0.15, 0.2) is 30.4 Å². The van der Waals surface area contributed by atoms with Gasteiger partial charge in [0.25, 0.3) is 0 Å². The van der Waals surface area contributed by atoms with Crippen molar-refractivity contribution in [1.82, 2.24) is 0 Å². The van der Waals surface area contributed by atoms with Gasteiger partial charge in [-0.25, -0.2) is 8.42 Å². The van der Waals surface area contributed by atoms with Crippen LogP contribution < -0.4 is 10.0 Å². The van der Waals surface area contributed by atoms with Crippen molar-refractivity contribution in [3.8, 4) is 0 Å². The summed E-state index contributed by atoms with van der Waals surface area (Å²) in [7, 11) is -3.27. The van der Waals surface area contributed by atoms with Gasteiger partial charge in [0, 0.05) is 6.54 Å². The van der Waals surface area contributed by atoms with Crippen LogP contribution in [0.1, 0.15) is 12.8 Å². The normalized spacial score (nSPS) is 27.0. The zero-order chi connectivity index (χ0) is 15.0. The quantitative estimate of drug-likeness (QED) is 0.816. The maximum atomic E-state index is 11.3. The molecule has 0 aromatic heterocycles. The third kappa shape index (κ3) is 3.52. The van der Waals surface area contributed by atoms with Gasteiger partial charge in [-0.3, -0.25) is 4.72 Å². The molecule has 0 heterocycles. The fourth-order valence-corrected chi connectivity index (χ4v) is 4.05. The summed E-state index contributed by atoms with van der Waals surface area (Å²) in [5.74, 6) is 2.07. The molecule has 1 fully saturated rings. The second-order valence-electron chi connectivity index (χ2n) is 5.99. The number of rotatable bonds is 5. The fraction of sp³-hybridized carbons (Fsp3) is 0.467. The molecule has 0 radical (unpaired) electrons. The molecule has 3 unspecified atom stereocenters. The highest BCUT2D eigenvalue weighted by Crippen LogP contribution is 2.43. The summed E-state index contributed by atoms with van der Waals surface area (Å²) in [5.41, 5.74) is 1.30. The third-order valence-corrected chi connectivity index (χ3v) is 5.18. The van der Waals surface area contributed by atoms with Crippen LogP contribution in [-0.2, 0) is 10.0 Å². The van der Waals surface area contributed by atoms with Crippen molar-refractivity contribution in [3.05, 3.63) is 35.4 Å². The molecule has 1 aromatic rings. The molecule has 1 saturated carbocycles. The monoisotopic (exact) mass is 326 g/mol. The first-order valence-corrected chi connectivity index (χ1v) is 9.37. The lowest BCUT2D eigenvalue weighted by molar-refractivity contribution is 0.472. The Bertz CT molecular complexity index is 672. The Hall–Kier alpha value is -1.20. The highest BCUT2D eigenvalue weighted by atomic mass is 35.5. The SMILES string of the molecule is CS(=O)(=O)Nc1ccc(Cl)c(NCC2CC3C=CC2C3)c1. The first-order chi connectivity index (χ1) is 9.90. The van der Waals surface area contributed by atoms with Gasteiger partial charge < -0.3 is 5.32 Å². The van der Waals surface area contributed by atoms with Crippen molar-refractivity contribution in [2.24, 2.45) is 17.8 Å². The van der Waals surface area contributed by atoms with Crippen molar-refractivity contribution in [1.29, 1.82) is 0 Å². The predicted molar refractivity (Wildman–Crippen MR) is 87.3 cm³/mol. The molecule has 114 valence electrons. The molecule has 0 saturated heterocycles. The summed E-state index contributed by atoms with van der Waals surface area (Å²) in [6, 6.07) is 5.11. The molecule has 1 aromatic carbocycles. The number of fused-ring (bicyclic) bond motifs is 2. The van der Waals surface area contributed by atoms with E-state index in [0.717, 1.165) is 24.4 Å². The van der Waals surface area contributed by atoms with Gasteiger partial charge in [-0.15, -0.1) is 0 Å². The maximum absolute atomic E-state index is 11.3. The highest BCUT2D eigenvalue weighted by Gasteiger charge is 2.35. The smallest absolute Gasteiger partial charge is 0.229 e.